The molecule has 2 aromatic heterocycles. The molecule has 3 heterocycles. The van der Waals surface area contributed by atoms with Crippen molar-refractivity contribution in [1.82, 2.24) is 20.0 Å². The molecule has 11 heteroatoms. The van der Waals surface area contributed by atoms with E-state index >= 15 is 0 Å². The summed E-state index contributed by atoms with van der Waals surface area (Å²) in [7, 11) is 1.59. The third-order valence-corrected chi connectivity index (χ3v) is 6.74. The van der Waals surface area contributed by atoms with Gasteiger partial charge in [-0.3, -0.25) is 0 Å². The van der Waals surface area contributed by atoms with Gasteiger partial charge in [0.15, 0.2) is 11.5 Å². The molecule has 0 unspecified atom stereocenters. The fourth-order valence-electron chi connectivity index (χ4n) is 3.66. The number of methoxy groups -OCH3 is 1. The van der Waals surface area contributed by atoms with Crippen LogP contribution in [0.3, 0.4) is 0 Å². The summed E-state index contributed by atoms with van der Waals surface area (Å²) in [4.78, 5) is 18.9. The summed E-state index contributed by atoms with van der Waals surface area (Å²) in [6.45, 7) is 1.71. The maximum atomic E-state index is 14.9. The van der Waals surface area contributed by atoms with Crippen molar-refractivity contribution in [2.45, 2.75) is 19.3 Å². The molecule has 1 fully saturated rings. The van der Waals surface area contributed by atoms with Gasteiger partial charge in [0.1, 0.15) is 28.3 Å². The Morgan fingerprint density at radius 3 is 2.68 bits per heavy atom. The number of nitrogens with one attached hydrogen (secondary N) is 1. The van der Waals surface area contributed by atoms with E-state index < -0.39 is 5.82 Å². The van der Waals surface area contributed by atoms with E-state index in [1.165, 1.54) is 30.2 Å². The maximum absolute atomic E-state index is 14.9. The molecular formula is C23H21BrFN5O3S. The zero-order chi connectivity index (χ0) is 23.5. The molecule has 176 valence electrons. The number of hydroxylamine groups is 2. The number of anilines is 2. The predicted octanol–water partition coefficient (Wildman–Crippen LogP) is 6.31. The van der Waals surface area contributed by atoms with Gasteiger partial charge in [-0.15, -0.1) is 5.06 Å². The average molecular weight is 546 g/mol. The molecule has 1 aliphatic heterocycles. The first-order chi connectivity index (χ1) is 16.6. The number of rotatable bonds is 7. The number of halogens is 2. The molecule has 1 N–H and O–H groups in total. The first kappa shape index (κ1) is 22.8. The van der Waals surface area contributed by atoms with E-state index in [-0.39, 0.29) is 5.69 Å². The van der Waals surface area contributed by atoms with Crippen LogP contribution in [0.25, 0.3) is 10.9 Å². The monoisotopic (exact) mass is 545 g/mol. The Hall–Kier alpha value is -3.02. The number of aromatic nitrogens is 3. The number of fused-ring (bicyclic) bond motifs is 1. The molecule has 1 aliphatic rings. The lowest BCUT2D eigenvalue weighted by atomic mass is 10.2. The standard InChI is InChI=1S/C23H21BrFN5O3S/c1-31-19-11-18-15(10-20(19)33-30-7-3-2-4-8-30)22(27-13-26-18)28-17-6-5-14(9-16(17)25)32-23-29-21(24)12-34-23/h5-6,9-13H,2-4,7-8H2,1H3,(H,26,27,28). The molecule has 0 atom stereocenters. The minimum Gasteiger partial charge on any atom is -0.493 e. The molecule has 0 bridgehead atoms. The van der Waals surface area contributed by atoms with Crippen LogP contribution in [0.4, 0.5) is 15.9 Å². The van der Waals surface area contributed by atoms with Crippen molar-refractivity contribution in [1.29, 1.82) is 0 Å². The SMILES string of the molecule is COc1cc2ncnc(Nc3ccc(Oc4nc(Br)cs4)cc3F)c2cc1ON1CCCCC1. The lowest BCUT2D eigenvalue weighted by molar-refractivity contribution is -0.0734. The summed E-state index contributed by atoms with van der Waals surface area (Å²) >= 11 is 4.59. The third kappa shape index (κ3) is 5.06. The van der Waals surface area contributed by atoms with Crippen molar-refractivity contribution in [3.8, 4) is 22.4 Å². The van der Waals surface area contributed by atoms with Crippen LogP contribution in [0.5, 0.6) is 22.4 Å². The summed E-state index contributed by atoms with van der Waals surface area (Å²) in [5.41, 5.74) is 0.900. The molecule has 8 nitrogen and oxygen atoms in total. The van der Waals surface area contributed by atoms with E-state index in [2.05, 4.69) is 36.2 Å². The van der Waals surface area contributed by atoms with E-state index in [4.69, 9.17) is 14.3 Å². The first-order valence-corrected chi connectivity index (χ1v) is 12.4. The number of thiazole rings is 1. The van der Waals surface area contributed by atoms with Crippen molar-refractivity contribution in [3.05, 3.63) is 52.5 Å². The Labute approximate surface area is 207 Å². The fraction of sp³-hybridized carbons (Fsp3) is 0.261. The molecule has 5 rings (SSSR count). The smallest absolute Gasteiger partial charge is 0.279 e. The van der Waals surface area contributed by atoms with Crippen molar-refractivity contribution in [2.75, 3.05) is 25.5 Å². The number of hydrogen-bond acceptors (Lipinski definition) is 9. The Morgan fingerprint density at radius 1 is 1.09 bits per heavy atom. The number of ether oxygens (including phenoxy) is 2. The van der Waals surface area contributed by atoms with Crippen molar-refractivity contribution in [2.24, 2.45) is 0 Å². The van der Waals surface area contributed by atoms with Crippen LogP contribution in [0, 0.1) is 5.82 Å². The quantitative estimate of drug-likeness (QED) is 0.289. The summed E-state index contributed by atoms with van der Waals surface area (Å²) in [5.74, 6) is 1.45. The largest absolute Gasteiger partial charge is 0.493 e. The lowest BCUT2D eigenvalue weighted by Crippen LogP contribution is -2.32. The van der Waals surface area contributed by atoms with E-state index in [1.807, 2.05) is 11.1 Å². The van der Waals surface area contributed by atoms with Gasteiger partial charge in [0.2, 0.25) is 0 Å². The highest BCUT2D eigenvalue weighted by Crippen LogP contribution is 2.36. The van der Waals surface area contributed by atoms with E-state index in [9.17, 15) is 4.39 Å². The van der Waals surface area contributed by atoms with Gasteiger partial charge in [-0.2, -0.15) is 4.98 Å². The summed E-state index contributed by atoms with van der Waals surface area (Å²) in [6, 6.07) is 8.17. The van der Waals surface area contributed by atoms with E-state index in [1.54, 1.807) is 30.7 Å². The second kappa shape index (κ2) is 10.1. The fourth-order valence-corrected chi connectivity index (χ4v) is 4.77. The Morgan fingerprint density at radius 2 is 1.94 bits per heavy atom. The Kier molecular flexibility index (Phi) is 6.75. The molecule has 2 aromatic carbocycles. The van der Waals surface area contributed by atoms with Crippen LogP contribution in [0.2, 0.25) is 0 Å². The first-order valence-electron chi connectivity index (χ1n) is 10.7. The highest BCUT2D eigenvalue weighted by Gasteiger charge is 2.18. The highest BCUT2D eigenvalue weighted by atomic mass is 79.9. The predicted molar refractivity (Wildman–Crippen MR) is 132 cm³/mol. The van der Waals surface area contributed by atoms with E-state index in [0.717, 1.165) is 25.9 Å². The van der Waals surface area contributed by atoms with Crippen LogP contribution < -0.4 is 19.6 Å². The van der Waals surface area contributed by atoms with Crippen LogP contribution in [0.1, 0.15) is 19.3 Å². The molecule has 4 aromatic rings. The van der Waals surface area contributed by atoms with Gasteiger partial charge in [0.25, 0.3) is 5.19 Å². The maximum Gasteiger partial charge on any atom is 0.279 e. The lowest BCUT2D eigenvalue weighted by Gasteiger charge is -2.26. The van der Waals surface area contributed by atoms with Crippen LogP contribution in [-0.2, 0) is 0 Å². The Bertz CT molecular complexity index is 1320. The Balaban J connectivity index is 1.42. The molecule has 0 amide bonds. The zero-order valence-electron chi connectivity index (χ0n) is 18.3. The third-order valence-electron chi connectivity index (χ3n) is 5.32. The summed E-state index contributed by atoms with van der Waals surface area (Å²) in [6.07, 6.45) is 4.80. The number of piperidine rings is 1. The summed E-state index contributed by atoms with van der Waals surface area (Å²) < 4.78 is 26.7. The second-order valence-corrected chi connectivity index (χ2v) is 9.26. The van der Waals surface area contributed by atoms with Gasteiger partial charge >= 0.3 is 0 Å². The molecule has 0 radical (unpaired) electrons. The van der Waals surface area contributed by atoms with Crippen molar-refractivity contribution >= 4 is 49.7 Å². The van der Waals surface area contributed by atoms with Crippen molar-refractivity contribution in [3.63, 3.8) is 0 Å². The minimum atomic E-state index is -0.488. The number of benzene rings is 2. The molecule has 0 saturated carbocycles. The van der Waals surface area contributed by atoms with Gasteiger partial charge in [-0.1, -0.05) is 17.8 Å². The van der Waals surface area contributed by atoms with Crippen LogP contribution in [0.15, 0.2) is 46.6 Å². The number of nitrogens with zero attached hydrogens (tertiary/aromatic N) is 4. The molecule has 1 saturated heterocycles. The molecule has 0 aliphatic carbocycles. The number of hydrogen-bond donors (Lipinski definition) is 1. The van der Waals surface area contributed by atoms with Crippen LogP contribution >= 0.6 is 27.3 Å². The average Bonchev–Trinajstić information content (AvgIpc) is 3.25. The second-order valence-electron chi connectivity index (χ2n) is 7.63. The van der Waals surface area contributed by atoms with E-state index in [0.29, 0.717) is 43.8 Å². The summed E-state index contributed by atoms with van der Waals surface area (Å²) in [5, 5.41) is 7.90. The van der Waals surface area contributed by atoms with Crippen molar-refractivity contribution < 1.29 is 18.7 Å². The highest BCUT2D eigenvalue weighted by molar-refractivity contribution is 9.10. The van der Waals surface area contributed by atoms with Gasteiger partial charge < -0.3 is 19.6 Å². The van der Waals surface area contributed by atoms with Gasteiger partial charge in [0.05, 0.1) is 18.3 Å². The zero-order valence-corrected chi connectivity index (χ0v) is 20.7. The normalized spacial score (nSPS) is 14.2. The molecular weight excluding hydrogens is 525 g/mol. The van der Waals surface area contributed by atoms with Gasteiger partial charge in [-0.25, -0.2) is 14.4 Å². The van der Waals surface area contributed by atoms with Gasteiger partial charge in [0, 0.05) is 36.0 Å². The van der Waals surface area contributed by atoms with Gasteiger partial charge in [-0.05, 0) is 47.0 Å². The molecule has 34 heavy (non-hydrogen) atoms. The molecule has 0 spiro atoms. The van der Waals surface area contributed by atoms with Crippen LogP contribution in [-0.4, -0.2) is 40.2 Å². The topological polar surface area (TPSA) is 81.6 Å². The minimum absolute atomic E-state index is 0.252.